The minimum Gasteiger partial charge on any atom is -0.496 e. The molecule has 0 radical (unpaired) electrons. The van der Waals surface area contributed by atoms with Crippen molar-refractivity contribution in [1.29, 1.82) is 0 Å². The average molecular weight is 489 g/mol. The van der Waals surface area contributed by atoms with Crippen LogP contribution in [0.2, 0.25) is 0 Å². The third-order valence-corrected chi connectivity index (χ3v) is 5.14. The van der Waals surface area contributed by atoms with E-state index in [0.717, 1.165) is 26.9 Å². The van der Waals surface area contributed by atoms with Crippen LogP contribution < -0.4 is 15.4 Å². The summed E-state index contributed by atoms with van der Waals surface area (Å²) < 4.78 is 11.7. The maximum Gasteiger partial charge on any atom is 0.261 e. The highest BCUT2D eigenvalue weighted by molar-refractivity contribution is 9.10. The van der Waals surface area contributed by atoms with E-state index in [4.69, 9.17) is 26.5 Å². The Morgan fingerprint density at radius 2 is 1.93 bits per heavy atom. The first-order valence-corrected chi connectivity index (χ1v) is 10.3. The van der Waals surface area contributed by atoms with Crippen molar-refractivity contribution < 1.29 is 19.1 Å². The number of amides is 1. The van der Waals surface area contributed by atoms with Crippen LogP contribution in [0.5, 0.6) is 5.75 Å². The third-order valence-electron chi connectivity index (χ3n) is 4.48. The van der Waals surface area contributed by atoms with E-state index in [1.54, 1.807) is 12.1 Å². The first-order chi connectivity index (χ1) is 14.3. The first kappa shape index (κ1) is 22.0. The van der Waals surface area contributed by atoms with Gasteiger partial charge in [-0.3, -0.25) is 10.1 Å². The Kier molecular flexibility index (Phi) is 6.91. The van der Waals surface area contributed by atoms with Crippen LogP contribution in [0.25, 0.3) is 11.3 Å². The molecule has 0 bridgehead atoms. The summed E-state index contributed by atoms with van der Waals surface area (Å²) in [7, 11) is 1.52. The van der Waals surface area contributed by atoms with E-state index in [-0.39, 0.29) is 17.6 Å². The smallest absolute Gasteiger partial charge is 0.261 e. The molecule has 0 fully saturated rings. The number of aryl methyl sites for hydroxylation is 2. The van der Waals surface area contributed by atoms with E-state index in [2.05, 4.69) is 26.6 Å². The number of carbonyl (C=O) groups excluding carboxylic acids is 1. The molecule has 0 saturated heterocycles. The highest BCUT2D eigenvalue weighted by Gasteiger charge is 2.17. The van der Waals surface area contributed by atoms with Crippen LogP contribution in [-0.4, -0.2) is 23.2 Å². The number of halogens is 1. The predicted molar refractivity (Wildman–Crippen MR) is 124 cm³/mol. The Morgan fingerprint density at radius 3 is 2.57 bits per heavy atom. The van der Waals surface area contributed by atoms with E-state index < -0.39 is 0 Å². The molecule has 0 aliphatic carbocycles. The molecule has 0 atom stereocenters. The van der Waals surface area contributed by atoms with Crippen LogP contribution in [0.3, 0.4) is 0 Å². The average Bonchev–Trinajstić information content (AvgIpc) is 3.16. The van der Waals surface area contributed by atoms with Gasteiger partial charge in [0.25, 0.3) is 5.91 Å². The maximum absolute atomic E-state index is 12.7. The van der Waals surface area contributed by atoms with Crippen molar-refractivity contribution in [1.82, 2.24) is 5.32 Å². The Labute approximate surface area is 188 Å². The lowest BCUT2D eigenvalue weighted by atomic mass is 10.1. The summed E-state index contributed by atoms with van der Waals surface area (Å²) in [6.45, 7) is 3.66. The van der Waals surface area contributed by atoms with Gasteiger partial charge in [0.05, 0.1) is 12.7 Å². The van der Waals surface area contributed by atoms with E-state index in [1.165, 1.54) is 7.11 Å². The zero-order valence-electron chi connectivity index (χ0n) is 16.7. The van der Waals surface area contributed by atoms with Crippen molar-refractivity contribution >= 4 is 44.9 Å². The summed E-state index contributed by atoms with van der Waals surface area (Å²) >= 11 is 8.70. The van der Waals surface area contributed by atoms with Crippen molar-refractivity contribution in [3.63, 3.8) is 0 Å². The highest BCUT2D eigenvalue weighted by Crippen LogP contribution is 2.29. The Hall–Kier alpha value is -2.68. The van der Waals surface area contributed by atoms with Crippen molar-refractivity contribution in [2.45, 2.75) is 20.5 Å². The molecule has 1 heterocycles. The Morgan fingerprint density at radius 1 is 1.17 bits per heavy atom. The lowest BCUT2D eigenvalue weighted by Crippen LogP contribution is -2.34. The topological polar surface area (TPSA) is 83.7 Å². The molecule has 2 aromatic carbocycles. The second kappa shape index (κ2) is 9.42. The van der Waals surface area contributed by atoms with Gasteiger partial charge in [-0.15, -0.1) is 0 Å². The molecule has 156 valence electrons. The fourth-order valence-electron chi connectivity index (χ4n) is 3.13. The van der Waals surface area contributed by atoms with E-state index in [9.17, 15) is 4.79 Å². The summed E-state index contributed by atoms with van der Waals surface area (Å²) in [6, 6.07) is 12.8. The summed E-state index contributed by atoms with van der Waals surface area (Å²) in [4.78, 5) is 12.7. The second-order valence-corrected chi connectivity index (χ2v) is 7.99. The number of anilines is 1. The number of hydrogen-bond donors (Lipinski definition) is 3. The number of thiocarbonyl (C=S) groups is 1. The normalized spacial score (nSPS) is 10.6. The largest absolute Gasteiger partial charge is 0.496 e. The number of nitrogens with one attached hydrogen (secondary N) is 2. The van der Waals surface area contributed by atoms with Gasteiger partial charge >= 0.3 is 0 Å². The zero-order valence-corrected chi connectivity index (χ0v) is 19.1. The van der Waals surface area contributed by atoms with Crippen molar-refractivity contribution in [2.24, 2.45) is 0 Å². The summed E-state index contributed by atoms with van der Waals surface area (Å²) in [6.07, 6.45) is 0. The molecule has 1 amide bonds. The molecule has 0 aliphatic rings. The molecular formula is C22H21BrN2O4S. The Bertz CT molecular complexity index is 1110. The predicted octanol–water partition coefficient (Wildman–Crippen LogP) is 4.95. The number of aliphatic hydroxyl groups is 1. The van der Waals surface area contributed by atoms with Crippen molar-refractivity contribution in [3.05, 3.63) is 69.4 Å². The monoisotopic (exact) mass is 488 g/mol. The summed E-state index contributed by atoms with van der Waals surface area (Å²) in [5.41, 5.74) is 3.82. The van der Waals surface area contributed by atoms with Crippen LogP contribution in [-0.2, 0) is 6.61 Å². The number of hydrogen-bond acceptors (Lipinski definition) is 5. The van der Waals surface area contributed by atoms with Crippen LogP contribution in [0.4, 0.5) is 5.69 Å². The SMILES string of the molecule is COc1c(C)cc(Br)cc1C(=O)NC(=S)Nc1ccc(-c2ccc(CO)o2)c(C)c1. The number of ether oxygens (including phenoxy) is 1. The minimum absolute atomic E-state index is 0.144. The molecule has 3 rings (SSSR count). The molecule has 0 spiro atoms. The maximum atomic E-state index is 12.7. The van der Waals surface area contributed by atoms with Gasteiger partial charge in [-0.1, -0.05) is 15.9 Å². The van der Waals surface area contributed by atoms with Gasteiger partial charge in [0, 0.05) is 15.7 Å². The number of methoxy groups -OCH3 is 1. The number of aliphatic hydroxyl groups excluding tert-OH is 1. The fraction of sp³-hybridized carbons (Fsp3) is 0.182. The lowest BCUT2D eigenvalue weighted by molar-refractivity contribution is 0.0974. The van der Waals surface area contributed by atoms with Crippen LogP contribution in [0.15, 0.2) is 51.4 Å². The fourth-order valence-corrected chi connectivity index (χ4v) is 3.91. The number of benzene rings is 2. The number of rotatable bonds is 5. The molecule has 3 N–H and O–H groups in total. The first-order valence-electron chi connectivity index (χ1n) is 9.09. The number of furan rings is 1. The van der Waals surface area contributed by atoms with Gasteiger partial charge in [-0.05, 0) is 79.7 Å². The van der Waals surface area contributed by atoms with Crippen LogP contribution in [0, 0.1) is 13.8 Å². The molecule has 3 aromatic rings. The highest BCUT2D eigenvalue weighted by atomic mass is 79.9. The zero-order chi connectivity index (χ0) is 21.8. The molecule has 0 aliphatic heterocycles. The van der Waals surface area contributed by atoms with Gasteiger partial charge in [0.15, 0.2) is 5.11 Å². The second-order valence-electron chi connectivity index (χ2n) is 6.67. The van der Waals surface area contributed by atoms with Crippen molar-refractivity contribution in [3.8, 4) is 17.1 Å². The lowest BCUT2D eigenvalue weighted by Gasteiger charge is -2.14. The van der Waals surface area contributed by atoms with Crippen molar-refractivity contribution in [2.75, 3.05) is 12.4 Å². The van der Waals surface area contributed by atoms with Gasteiger partial charge in [0.2, 0.25) is 0 Å². The molecule has 6 nitrogen and oxygen atoms in total. The van der Waals surface area contributed by atoms with E-state index in [1.807, 2.05) is 44.2 Å². The standard InChI is InChI=1S/C22H21BrN2O4S/c1-12-9-15(4-6-17(12)19-7-5-16(11-26)29-19)24-22(30)25-21(27)18-10-14(23)8-13(2)20(18)28-3/h4-10,26H,11H2,1-3H3,(H2,24,25,27,30). The Balaban J connectivity index is 1.72. The quantitative estimate of drug-likeness (QED) is 0.440. The molecule has 1 aromatic heterocycles. The number of carbonyl (C=O) groups is 1. The summed E-state index contributed by atoms with van der Waals surface area (Å²) in [5.74, 6) is 1.32. The van der Waals surface area contributed by atoms with Gasteiger partial charge < -0.3 is 19.6 Å². The van der Waals surface area contributed by atoms with Gasteiger partial charge in [-0.2, -0.15) is 0 Å². The summed E-state index contributed by atoms with van der Waals surface area (Å²) in [5, 5.41) is 15.0. The molecular weight excluding hydrogens is 468 g/mol. The molecule has 8 heteroatoms. The molecule has 30 heavy (non-hydrogen) atoms. The van der Waals surface area contributed by atoms with Gasteiger partial charge in [0.1, 0.15) is 23.9 Å². The molecule has 0 unspecified atom stereocenters. The minimum atomic E-state index is -0.366. The van der Waals surface area contributed by atoms with E-state index >= 15 is 0 Å². The van der Waals surface area contributed by atoms with Crippen LogP contribution >= 0.6 is 28.1 Å². The molecule has 0 saturated carbocycles. The van der Waals surface area contributed by atoms with Crippen LogP contribution in [0.1, 0.15) is 27.2 Å². The third kappa shape index (κ3) is 4.89. The van der Waals surface area contributed by atoms with Gasteiger partial charge in [-0.25, -0.2) is 0 Å². The van der Waals surface area contributed by atoms with E-state index in [0.29, 0.717) is 22.8 Å².